The van der Waals surface area contributed by atoms with Crippen LogP contribution in [-0.2, 0) is 0 Å². The summed E-state index contributed by atoms with van der Waals surface area (Å²) in [4.78, 5) is 0. The van der Waals surface area contributed by atoms with Gasteiger partial charge in [0.25, 0.3) is 0 Å². The van der Waals surface area contributed by atoms with Gasteiger partial charge in [0.05, 0.1) is 11.8 Å². The maximum Gasteiger partial charge on any atom is 0.176 e. The van der Waals surface area contributed by atoms with Crippen molar-refractivity contribution in [2.75, 3.05) is 0 Å². The maximum atomic E-state index is 5.82. The van der Waals surface area contributed by atoms with Gasteiger partial charge in [-0.2, -0.15) is 0 Å². The lowest BCUT2D eigenvalue weighted by Gasteiger charge is -2.12. The van der Waals surface area contributed by atoms with Crippen LogP contribution in [0.2, 0.25) is 0 Å². The second-order valence-corrected chi connectivity index (χ2v) is 3.00. The molecule has 0 aliphatic heterocycles. The molecule has 1 rings (SSSR count). The van der Waals surface area contributed by atoms with Crippen molar-refractivity contribution in [2.45, 2.75) is 25.8 Å². The summed E-state index contributed by atoms with van der Waals surface area (Å²) in [5.74, 6) is 6.49. The summed E-state index contributed by atoms with van der Waals surface area (Å²) < 4.78 is 5.04. The van der Waals surface area contributed by atoms with Crippen molar-refractivity contribution < 1.29 is 4.42 Å². The molecular weight excluding hydrogens is 150 g/mol. The second kappa shape index (κ2) is 3.46. The van der Waals surface area contributed by atoms with Crippen LogP contribution in [0.25, 0.3) is 0 Å². The number of hydrogen-bond acceptors (Lipinski definition) is 2. The molecule has 2 heteroatoms. The smallest absolute Gasteiger partial charge is 0.176 e. The standard InChI is InChI=1S/C10H13NO/c1-3-10(2,11)7-6-9-5-4-8-12-9/h4-5,8H,3,11H2,1-2H3. The van der Waals surface area contributed by atoms with Crippen molar-refractivity contribution in [3.8, 4) is 11.8 Å². The van der Waals surface area contributed by atoms with Crippen molar-refractivity contribution >= 4 is 0 Å². The Bertz CT molecular complexity index is 287. The van der Waals surface area contributed by atoms with Crippen LogP contribution in [-0.4, -0.2) is 5.54 Å². The molecule has 2 N–H and O–H groups in total. The SMILES string of the molecule is CCC(C)(N)C#Cc1ccco1. The van der Waals surface area contributed by atoms with E-state index < -0.39 is 5.54 Å². The number of furan rings is 1. The third kappa shape index (κ3) is 2.44. The number of nitrogens with two attached hydrogens (primary N) is 1. The van der Waals surface area contributed by atoms with Crippen molar-refractivity contribution in [2.24, 2.45) is 5.73 Å². The summed E-state index contributed by atoms with van der Waals surface area (Å²) in [7, 11) is 0. The monoisotopic (exact) mass is 163 g/mol. The van der Waals surface area contributed by atoms with Gasteiger partial charge in [-0.05, 0) is 31.4 Å². The zero-order valence-electron chi connectivity index (χ0n) is 7.42. The van der Waals surface area contributed by atoms with Crippen LogP contribution in [0.15, 0.2) is 22.8 Å². The van der Waals surface area contributed by atoms with Crippen LogP contribution in [0, 0.1) is 11.8 Å². The average Bonchev–Trinajstić information content (AvgIpc) is 2.53. The molecule has 1 aromatic heterocycles. The third-order valence-corrected chi connectivity index (χ3v) is 1.73. The highest BCUT2D eigenvalue weighted by molar-refractivity contribution is 5.28. The van der Waals surface area contributed by atoms with Crippen LogP contribution in [0.3, 0.4) is 0 Å². The molecule has 1 atom stereocenters. The summed E-state index contributed by atoms with van der Waals surface area (Å²) in [6.45, 7) is 3.92. The zero-order chi connectivity index (χ0) is 9.03. The minimum absolute atomic E-state index is 0.410. The molecule has 64 valence electrons. The summed E-state index contributed by atoms with van der Waals surface area (Å²) in [5.41, 5.74) is 5.41. The summed E-state index contributed by atoms with van der Waals surface area (Å²) in [5, 5.41) is 0. The van der Waals surface area contributed by atoms with Gasteiger partial charge in [-0.1, -0.05) is 12.8 Å². The molecule has 0 aliphatic rings. The quantitative estimate of drug-likeness (QED) is 0.641. The molecule has 0 bridgehead atoms. The van der Waals surface area contributed by atoms with E-state index in [2.05, 4.69) is 11.8 Å². The van der Waals surface area contributed by atoms with Gasteiger partial charge < -0.3 is 10.2 Å². The van der Waals surface area contributed by atoms with Crippen LogP contribution in [0.5, 0.6) is 0 Å². The van der Waals surface area contributed by atoms with Gasteiger partial charge in [0.2, 0.25) is 0 Å². The highest BCUT2D eigenvalue weighted by Crippen LogP contribution is 2.03. The maximum absolute atomic E-state index is 5.82. The van der Waals surface area contributed by atoms with Crippen molar-refractivity contribution in [1.29, 1.82) is 0 Å². The topological polar surface area (TPSA) is 39.2 Å². The fourth-order valence-electron chi connectivity index (χ4n) is 0.642. The highest BCUT2D eigenvalue weighted by Gasteiger charge is 2.10. The average molecular weight is 163 g/mol. The van der Waals surface area contributed by atoms with Gasteiger partial charge in [0.1, 0.15) is 0 Å². The molecule has 0 fully saturated rings. The van der Waals surface area contributed by atoms with Crippen molar-refractivity contribution in [1.82, 2.24) is 0 Å². The molecule has 12 heavy (non-hydrogen) atoms. The van der Waals surface area contributed by atoms with E-state index in [0.29, 0.717) is 5.76 Å². The fourth-order valence-corrected chi connectivity index (χ4v) is 0.642. The lowest BCUT2D eigenvalue weighted by atomic mass is 10.0. The molecule has 2 nitrogen and oxygen atoms in total. The number of hydrogen-bond donors (Lipinski definition) is 1. The second-order valence-electron chi connectivity index (χ2n) is 3.00. The Hall–Kier alpha value is -1.20. The molecule has 0 spiro atoms. The lowest BCUT2D eigenvalue weighted by Crippen LogP contribution is -2.32. The van der Waals surface area contributed by atoms with E-state index in [-0.39, 0.29) is 0 Å². The first-order valence-electron chi connectivity index (χ1n) is 3.99. The Labute approximate surface area is 72.8 Å². The molecule has 0 radical (unpaired) electrons. The van der Waals surface area contributed by atoms with E-state index >= 15 is 0 Å². The molecule has 0 aromatic carbocycles. The fraction of sp³-hybridized carbons (Fsp3) is 0.400. The normalized spacial score (nSPS) is 14.6. The van der Waals surface area contributed by atoms with Crippen molar-refractivity contribution in [3.05, 3.63) is 24.2 Å². The first-order chi connectivity index (χ1) is 5.64. The summed E-state index contributed by atoms with van der Waals surface area (Å²) >= 11 is 0. The highest BCUT2D eigenvalue weighted by atomic mass is 16.3. The number of rotatable bonds is 1. The van der Waals surface area contributed by atoms with E-state index in [0.717, 1.165) is 6.42 Å². The van der Waals surface area contributed by atoms with Gasteiger partial charge in [0.15, 0.2) is 5.76 Å². The van der Waals surface area contributed by atoms with E-state index in [1.807, 2.05) is 26.0 Å². The first-order valence-corrected chi connectivity index (χ1v) is 3.99. The Kier molecular flexibility index (Phi) is 2.57. The lowest BCUT2D eigenvalue weighted by molar-refractivity contribution is 0.551. The Balaban J connectivity index is 2.72. The van der Waals surface area contributed by atoms with Crippen LogP contribution in [0.1, 0.15) is 26.0 Å². The minimum atomic E-state index is -0.410. The predicted octanol–water partition coefficient (Wildman–Crippen LogP) is 1.76. The summed E-state index contributed by atoms with van der Waals surface area (Å²) in [6, 6.07) is 3.63. The van der Waals surface area contributed by atoms with E-state index in [9.17, 15) is 0 Å². The Morgan fingerprint density at radius 3 is 2.92 bits per heavy atom. The molecule has 0 saturated heterocycles. The van der Waals surface area contributed by atoms with E-state index in [1.165, 1.54) is 0 Å². The Morgan fingerprint density at radius 2 is 2.42 bits per heavy atom. The van der Waals surface area contributed by atoms with Crippen molar-refractivity contribution in [3.63, 3.8) is 0 Å². The first kappa shape index (κ1) is 8.89. The van der Waals surface area contributed by atoms with Gasteiger partial charge in [0, 0.05) is 0 Å². The molecule has 0 saturated carbocycles. The zero-order valence-corrected chi connectivity index (χ0v) is 7.42. The van der Waals surface area contributed by atoms with Gasteiger partial charge in [-0.3, -0.25) is 0 Å². The van der Waals surface area contributed by atoms with E-state index in [1.54, 1.807) is 6.26 Å². The van der Waals surface area contributed by atoms with Crippen LogP contribution < -0.4 is 5.73 Å². The predicted molar refractivity (Wildman–Crippen MR) is 48.5 cm³/mol. The minimum Gasteiger partial charge on any atom is -0.456 e. The Morgan fingerprint density at radius 1 is 1.67 bits per heavy atom. The molecule has 1 unspecified atom stereocenters. The molecule has 0 aliphatic carbocycles. The van der Waals surface area contributed by atoms with Crippen LogP contribution in [0.4, 0.5) is 0 Å². The molecule has 0 amide bonds. The van der Waals surface area contributed by atoms with Gasteiger partial charge >= 0.3 is 0 Å². The van der Waals surface area contributed by atoms with E-state index in [4.69, 9.17) is 10.2 Å². The molecule has 1 heterocycles. The van der Waals surface area contributed by atoms with Crippen LogP contribution >= 0.6 is 0 Å². The van der Waals surface area contributed by atoms with Gasteiger partial charge in [-0.15, -0.1) is 0 Å². The van der Waals surface area contributed by atoms with Gasteiger partial charge in [-0.25, -0.2) is 0 Å². The molecular formula is C10H13NO. The largest absolute Gasteiger partial charge is 0.456 e. The summed E-state index contributed by atoms with van der Waals surface area (Å²) in [6.07, 6.45) is 2.44. The molecule has 1 aromatic rings. The third-order valence-electron chi connectivity index (χ3n) is 1.73.